The summed E-state index contributed by atoms with van der Waals surface area (Å²) in [5, 5.41) is 2.59. The number of hydrogen-bond donors (Lipinski definition) is 3. The molecule has 106 valence electrons. The van der Waals surface area contributed by atoms with Crippen molar-refractivity contribution in [3.63, 3.8) is 0 Å². The zero-order valence-corrected chi connectivity index (χ0v) is 11.6. The molecule has 19 heavy (non-hydrogen) atoms. The van der Waals surface area contributed by atoms with Gasteiger partial charge in [0.15, 0.2) is 0 Å². The highest BCUT2D eigenvalue weighted by molar-refractivity contribution is 7.89. The second kappa shape index (κ2) is 7.22. The molecule has 1 amide bonds. The SMILES string of the molecule is CC(N)CC(=O)NCCNS(=O)(=O)c1ccccc1. The van der Waals surface area contributed by atoms with Gasteiger partial charge in [-0.2, -0.15) is 0 Å². The summed E-state index contributed by atoms with van der Waals surface area (Å²) in [6, 6.07) is 7.86. The van der Waals surface area contributed by atoms with Gasteiger partial charge in [-0.05, 0) is 19.1 Å². The monoisotopic (exact) mass is 285 g/mol. The van der Waals surface area contributed by atoms with E-state index in [0.717, 1.165) is 0 Å². The van der Waals surface area contributed by atoms with Crippen molar-refractivity contribution in [2.75, 3.05) is 13.1 Å². The highest BCUT2D eigenvalue weighted by Crippen LogP contribution is 2.06. The van der Waals surface area contributed by atoms with E-state index in [4.69, 9.17) is 5.73 Å². The van der Waals surface area contributed by atoms with E-state index in [1.165, 1.54) is 12.1 Å². The second-order valence-electron chi connectivity index (χ2n) is 4.24. The number of amides is 1. The summed E-state index contributed by atoms with van der Waals surface area (Å²) in [4.78, 5) is 11.5. The third-order valence-electron chi connectivity index (χ3n) is 2.30. The van der Waals surface area contributed by atoms with E-state index in [-0.39, 0.29) is 36.4 Å². The van der Waals surface area contributed by atoms with E-state index >= 15 is 0 Å². The maximum absolute atomic E-state index is 11.8. The Hall–Kier alpha value is -1.44. The molecule has 0 aliphatic rings. The van der Waals surface area contributed by atoms with Gasteiger partial charge in [0.25, 0.3) is 0 Å². The van der Waals surface area contributed by atoms with Crippen molar-refractivity contribution in [2.45, 2.75) is 24.3 Å². The number of rotatable bonds is 7. The van der Waals surface area contributed by atoms with Crippen LogP contribution < -0.4 is 15.8 Å². The lowest BCUT2D eigenvalue weighted by atomic mass is 10.2. The van der Waals surface area contributed by atoms with Crippen LogP contribution in [0.2, 0.25) is 0 Å². The molecule has 0 fully saturated rings. The van der Waals surface area contributed by atoms with Crippen LogP contribution in [-0.2, 0) is 14.8 Å². The first-order valence-corrected chi connectivity index (χ1v) is 7.47. The molecule has 1 aromatic rings. The van der Waals surface area contributed by atoms with Gasteiger partial charge in [-0.3, -0.25) is 4.79 Å². The number of nitrogens with one attached hydrogen (secondary N) is 2. The van der Waals surface area contributed by atoms with Crippen LogP contribution in [0.25, 0.3) is 0 Å². The van der Waals surface area contributed by atoms with Crippen LogP contribution in [0, 0.1) is 0 Å². The van der Waals surface area contributed by atoms with Gasteiger partial charge in [-0.1, -0.05) is 18.2 Å². The molecular weight excluding hydrogens is 266 g/mol. The summed E-state index contributed by atoms with van der Waals surface area (Å²) in [5.74, 6) is -0.186. The van der Waals surface area contributed by atoms with Crippen LogP contribution in [0.4, 0.5) is 0 Å². The predicted molar refractivity (Wildman–Crippen MR) is 72.9 cm³/mol. The predicted octanol–water partition coefficient (Wildman–Crippen LogP) is -0.182. The maximum atomic E-state index is 11.8. The number of carbonyl (C=O) groups is 1. The summed E-state index contributed by atoms with van der Waals surface area (Å²) >= 11 is 0. The largest absolute Gasteiger partial charge is 0.355 e. The highest BCUT2D eigenvalue weighted by atomic mass is 32.2. The van der Waals surface area contributed by atoms with E-state index in [1.54, 1.807) is 25.1 Å². The van der Waals surface area contributed by atoms with Gasteiger partial charge in [0.1, 0.15) is 0 Å². The number of sulfonamides is 1. The van der Waals surface area contributed by atoms with Crippen molar-refractivity contribution in [1.29, 1.82) is 0 Å². The summed E-state index contributed by atoms with van der Waals surface area (Å²) in [5.41, 5.74) is 5.47. The smallest absolute Gasteiger partial charge is 0.240 e. The average Bonchev–Trinajstić information content (AvgIpc) is 2.35. The van der Waals surface area contributed by atoms with Gasteiger partial charge in [-0.15, -0.1) is 0 Å². The zero-order chi connectivity index (χ0) is 14.3. The van der Waals surface area contributed by atoms with Crippen molar-refractivity contribution in [2.24, 2.45) is 5.73 Å². The molecule has 0 spiro atoms. The zero-order valence-electron chi connectivity index (χ0n) is 10.8. The number of hydrogen-bond acceptors (Lipinski definition) is 4. The molecule has 0 aromatic heterocycles. The normalized spacial score (nSPS) is 12.9. The van der Waals surface area contributed by atoms with Gasteiger partial charge in [-0.25, -0.2) is 13.1 Å². The fourth-order valence-corrected chi connectivity index (χ4v) is 2.49. The Labute approximate surface area is 113 Å². The summed E-state index contributed by atoms with van der Waals surface area (Å²) in [7, 11) is -3.51. The Morgan fingerprint density at radius 1 is 1.26 bits per heavy atom. The molecule has 0 aliphatic heterocycles. The van der Waals surface area contributed by atoms with E-state index in [2.05, 4.69) is 10.0 Å². The minimum absolute atomic E-state index is 0.141. The molecule has 0 saturated heterocycles. The lowest BCUT2D eigenvalue weighted by Gasteiger charge is -2.09. The van der Waals surface area contributed by atoms with Gasteiger partial charge in [0.2, 0.25) is 15.9 Å². The van der Waals surface area contributed by atoms with E-state index < -0.39 is 10.0 Å². The van der Waals surface area contributed by atoms with Gasteiger partial charge in [0.05, 0.1) is 4.90 Å². The molecule has 6 nitrogen and oxygen atoms in total. The van der Waals surface area contributed by atoms with Crippen LogP contribution in [0.3, 0.4) is 0 Å². The number of carbonyl (C=O) groups excluding carboxylic acids is 1. The summed E-state index contributed by atoms with van der Waals surface area (Å²) < 4.78 is 26.0. The lowest BCUT2D eigenvalue weighted by Crippen LogP contribution is -2.36. The highest BCUT2D eigenvalue weighted by Gasteiger charge is 2.12. The van der Waals surface area contributed by atoms with Crippen molar-refractivity contribution >= 4 is 15.9 Å². The summed E-state index contributed by atoms with van der Waals surface area (Å²) in [6.07, 6.45) is 0.228. The van der Waals surface area contributed by atoms with Crippen molar-refractivity contribution < 1.29 is 13.2 Å². The Bertz CT molecular complexity index is 500. The number of nitrogens with two attached hydrogens (primary N) is 1. The van der Waals surface area contributed by atoms with Gasteiger partial charge in [0, 0.05) is 25.6 Å². The van der Waals surface area contributed by atoms with Crippen LogP contribution in [-0.4, -0.2) is 33.5 Å². The molecule has 0 bridgehead atoms. The minimum Gasteiger partial charge on any atom is -0.355 e. The topological polar surface area (TPSA) is 101 Å². The molecule has 1 aromatic carbocycles. The Kier molecular flexibility index (Phi) is 5.94. The molecule has 0 saturated carbocycles. The molecule has 0 aliphatic carbocycles. The molecule has 7 heteroatoms. The Balaban J connectivity index is 2.35. The minimum atomic E-state index is -3.51. The van der Waals surface area contributed by atoms with E-state index in [9.17, 15) is 13.2 Å². The first-order valence-electron chi connectivity index (χ1n) is 5.99. The van der Waals surface area contributed by atoms with E-state index in [0.29, 0.717) is 0 Å². The Morgan fingerprint density at radius 3 is 2.47 bits per heavy atom. The van der Waals surface area contributed by atoms with Gasteiger partial charge >= 0.3 is 0 Å². The molecule has 1 rings (SSSR count). The van der Waals surface area contributed by atoms with Crippen LogP contribution in [0.15, 0.2) is 35.2 Å². The van der Waals surface area contributed by atoms with Crippen LogP contribution in [0.5, 0.6) is 0 Å². The molecule has 1 unspecified atom stereocenters. The Morgan fingerprint density at radius 2 is 1.89 bits per heavy atom. The van der Waals surface area contributed by atoms with Crippen LogP contribution in [0.1, 0.15) is 13.3 Å². The first-order chi connectivity index (χ1) is 8.92. The molecule has 0 radical (unpaired) electrons. The molecule has 1 atom stereocenters. The second-order valence-corrected chi connectivity index (χ2v) is 6.01. The summed E-state index contributed by atoms with van der Waals surface area (Å²) in [6.45, 7) is 2.11. The van der Waals surface area contributed by atoms with Gasteiger partial charge < -0.3 is 11.1 Å². The average molecular weight is 285 g/mol. The van der Waals surface area contributed by atoms with Crippen LogP contribution >= 0.6 is 0 Å². The quantitative estimate of drug-likeness (QED) is 0.605. The third-order valence-corrected chi connectivity index (χ3v) is 3.78. The molecule has 0 heterocycles. The van der Waals surface area contributed by atoms with Crippen molar-refractivity contribution in [1.82, 2.24) is 10.0 Å². The third kappa shape index (κ3) is 5.82. The van der Waals surface area contributed by atoms with Crippen molar-refractivity contribution in [3.05, 3.63) is 30.3 Å². The van der Waals surface area contributed by atoms with E-state index in [1.807, 2.05) is 0 Å². The lowest BCUT2D eigenvalue weighted by molar-refractivity contribution is -0.121. The standard InChI is InChI=1S/C12H19N3O3S/c1-10(13)9-12(16)14-7-8-15-19(17,18)11-5-3-2-4-6-11/h2-6,10,15H,7-9,13H2,1H3,(H,14,16). The number of benzene rings is 1. The fourth-order valence-electron chi connectivity index (χ4n) is 1.43. The molecular formula is C12H19N3O3S. The van der Waals surface area contributed by atoms with Crippen molar-refractivity contribution in [3.8, 4) is 0 Å². The fraction of sp³-hybridized carbons (Fsp3) is 0.417. The first kappa shape index (κ1) is 15.6. The molecule has 4 N–H and O–H groups in total. The maximum Gasteiger partial charge on any atom is 0.240 e.